The number of nitrogens with one attached hydrogen (secondary N) is 1. The average molecular weight is 432 g/mol. The van der Waals surface area contributed by atoms with Gasteiger partial charge in [-0.15, -0.1) is 0 Å². The minimum absolute atomic E-state index is 0.0106. The van der Waals surface area contributed by atoms with Gasteiger partial charge in [-0.3, -0.25) is 14.7 Å². The van der Waals surface area contributed by atoms with Crippen molar-refractivity contribution in [2.45, 2.75) is 25.9 Å². The maximum Gasteiger partial charge on any atom is 0.231 e. The number of pyridine rings is 2. The first kappa shape index (κ1) is 21.9. The van der Waals surface area contributed by atoms with Crippen LogP contribution in [0.4, 0.5) is 5.69 Å². The van der Waals surface area contributed by atoms with Gasteiger partial charge in [-0.2, -0.15) is 0 Å². The van der Waals surface area contributed by atoms with Crippen molar-refractivity contribution in [1.29, 1.82) is 0 Å². The van der Waals surface area contributed by atoms with Crippen molar-refractivity contribution in [1.82, 2.24) is 20.2 Å². The summed E-state index contributed by atoms with van der Waals surface area (Å²) >= 11 is 0. The highest BCUT2D eigenvalue weighted by Gasteiger charge is 2.16. The highest BCUT2D eigenvalue weighted by Crippen LogP contribution is 2.19. The van der Waals surface area contributed by atoms with Gasteiger partial charge < -0.3 is 15.0 Å². The maximum atomic E-state index is 12.8. The minimum Gasteiger partial charge on any atom is -0.437 e. The number of amides is 1. The molecule has 1 N–H and O–H groups in total. The van der Waals surface area contributed by atoms with Crippen LogP contribution in [0.15, 0.2) is 67.1 Å². The molecule has 1 atom stereocenters. The van der Waals surface area contributed by atoms with Gasteiger partial charge in [-0.25, -0.2) is 4.98 Å². The zero-order chi connectivity index (χ0) is 22.3. The number of hydrogen-bond donors (Lipinski definition) is 1. The summed E-state index contributed by atoms with van der Waals surface area (Å²) in [6.45, 7) is 6.29. The lowest BCUT2D eigenvalue weighted by Gasteiger charge is -2.31. The number of carbonyl (C=O) groups is 1. The molecule has 7 heteroatoms. The average Bonchev–Trinajstić information content (AvgIpc) is 2.81. The van der Waals surface area contributed by atoms with E-state index in [-0.39, 0.29) is 12.3 Å². The van der Waals surface area contributed by atoms with E-state index in [2.05, 4.69) is 39.2 Å². The topological polar surface area (TPSA) is 70.6 Å². The first-order valence-electron chi connectivity index (χ1n) is 10.9. The number of anilines is 1. The van der Waals surface area contributed by atoms with Crippen LogP contribution < -0.4 is 15.0 Å². The first-order valence-corrected chi connectivity index (χ1v) is 10.9. The molecular weight excluding hydrogens is 402 g/mol. The molecule has 1 aromatic carbocycles. The SMILES string of the molecule is C[C@H]1CN(Cc2ccc(N(C)C(=O)Cc3ccc(Oc4cccnc4)nc3)cc2)CCN1. The van der Waals surface area contributed by atoms with Crippen LogP contribution in [0.2, 0.25) is 0 Å². The summed E-state index contributed by atoms with van der Waals surface area (Å²) in [5.41, 5.74) is 2.99. The monoisotopic (exact) mass is 431 g/mol. The van der Waals surface area contributed by atoms with Gasteiger partial charge in [0.2, 0.25) is 11.8 Å². The third-order valence-electron chi connectivity index (χ3n) is 5.57. The van der Waals surface area contributed by atoms with E-state index in [1.165, 1.54) is 5.56 Å². The highest BCUT2D eigenvalue weighted by molar-refractivity contribution is 5.94. The van der Waals surface area contributed by atoms with E-state index in [1.54, 1.807) is 35.6 Å². The first-order chi connectivity index (χ1) is 15.6. The number of hydrogen-bond acceptors (Lipinski definition) is 6. The molecule has 0 spiro atoms. The molecule has 1 saturated heterocycles. The third kappa shape index (κ3) is 5.90. The van der Waals surface area contributed by atoms with Crippen LogP contribution in [0.5, 0.6) is 11.6 Å². The van der Waals surface area contributed by atoms with Gasteiger partial charge in [0.05, 0.1) is 12.6 Å². The van der Waals surface area contributed by atoms with Gasteiger partial charge in [0.1, 0.15) is 5.75 Å². The molecule has 1 fully saturated rings. The molecule has 1 amide bonds. The fraction of sp³-hybridized carbons (Fsp3) is 0.320. The van der Waals surface area contributed by atoms with Crippen LogP contribution in [0.3, 0.4) is 0 Å². The van der Waals surface area contributed by atoms with Crippen LogP contribution in [-0.2, 0) is 17.8 Å². The standard InChI is InChI=1S/C25H29N5O2/c1-19-17-30(13-12-27-19)18-20-5-8-22(9-6-20)29(2)25(31)14-21-7-10-24(28-15-21)32-23-4-3-11-26-16-23/h3-11,15-16,19,27H,12-14,17-18H2,1-2H3/t19-/m0/s1. The van der Waals surface area contributed by atoms with E-state index >= 15 is 0 Å². The molecule has 0 aliphatic carbocycles. The van der Waals surface area contributed by atoms with Gasteiger partial charge in [0.15, 0.2) is 0 Å². The molecule has 4 rings (SSSR count). The predicted octanol–water partition coefficient (Wildman–Crippen LogP) is 3.27. The Kier molecular flexibility index (Phi) is 7.09. The van der Waals surface area contributed by atoms with Gasteiger partial charge in [-0.1, -0.05) is 18.2 Å². The fourth-order valence-corrected chi connectivity index (χ4v) is 3.78. The van der Waals surface area contributed by atoms with E-state index in [0.29, 0.717) is 17.7 Å². The lowest BCUT2D eigenvalue weighted by molar-refractivity contribution is -0.117. The van der Waals surface area contributed by atoms with Gasteiger partial charge in [0.25, 0.3) is 0 Å². The summed E-state index contributed by atoms with van der Waals surface area (Å²) in [7, 11) is 1.81. The van der Waals surface area contributed by atoms with Crippen LogP contribution in [0, 0.1) is 0 Å². The van der Waals surface area contributed by atoms with E-state index in [4.69, 9.17) is 4.74 Å². The Labute approximate surface area is 189 Å². The molecule has 7 nitrogen and oxygen atoms in total. The van der Waals surface area contributed by atoms with Crippen molar-refractivity contribution >= 4 is 11.6 Å². The van der Waals surface area contributed by atoms with Gasteiger partial charge in [-0.05, 0) is 42.3 Å². The zero-order valence-corrected chi connectivity index (χ0v) is 18.6. The zero-order valence-electron chi connectivity index (χ0n) is 18.6. The Balaban J connectivity index is 1.31. The Bertz CT molecular complexity index is 1010. The van der Waals surface area contributed by atoms with Gasteiger partial charge >= 0.3 is 0 Å². The molecular formula is C25H29N5O2. The van der Waals surface area contributed by atoms with Crippen molar-refractivity contribution < 1.29 is 9.53 Å². The molecule has 0 unspecified atom stereocenters. The second-order valence-corrected chi connectivity index (χ2v) is 8.18. The number of ether oxygens (including phenoxy) is 1. The quantitative estimate of drug-likeness (QED) is 0.619. The lowest BCUT2D eigenvalue weighted by Crippen LogP contribution is -2.48. The van der Waals surface area contributed by atoms with E-state index in [1.807, 2.05) is 31.3 Å². The largest absolute Gasteiger partial charge is 0.437 e. The van der Waals surface area contributed by atoms with E-state index < -0.39 is 0 Å². The summed E-state index contributed by atoms with van der Waals surface area (Å²) in [4.78, 5) is 25.2. The summed E-state index contributed by atoms with van der Waals surface area (Å²) in [6, 6.07) is 16.0. The second-order valence-electron chi connectivity index (χ2n) is 8.18. The van der Waals surface area contributed by atoms with E-state index in [0.717, 1.165) is 37.4 Å². The molecule has 0 radical (unpaired) electrons. The van der Waals surface area contributed by atoms with Crippen molar-refractivity contribution in [3.05, 3.63) is 78.2 Å². The lowest BCUT2D eigenvalue weighted by atomic mass is 10.1. The summed E-state index contributed by atoms with van der Waals surface area (Å²) < 4.78 is 5.65. The summed E-state index contributed by atoms with van der Waals surface area (Å²) in [5.74, 6) is 1.10. The van der Waals surface area contributed by atoms with Crippen molar-refractivity contribution in [2.75, 3.05) is 31.6 Å². The fourth-order valence-electron chi connectivity index (χ4n) is 3.78. The Morgan fingerprint density at radius 1 is 1.16 bits per heavy atom. The van der Waals surface area contributed by atoms with Crippen LogP contribution >= 0.6 is 0 Å². The number of carbonyl (C=O) groups excluding carboxylic acids is 1. The number of piperazine rings is 1. The number of nitrogens with zero attached hydrogens (tertiary/aromatic N) is 4. The molecule has 2 aromatic heterocycles. The molecule has 3 heterocycles. The summed E-state index contributed by atoms with van der Waals surface area (Å²) in [6.07, 6.45) is 5.27. The molecule has 1 aliphatic heterocycles. The number of likely N-dealkylation sites (N-methyl/N-ethyl adjacent to an activating group) is 1. The normalized spacial score (nSPS) is 16.5. The maximum absolute atomic E-state index is 12.8. The minimum atomic E-state index is 0.0106. The Morgan fingerprint density at radius 2 is 1.97 bits per heavy atom. The predicted molar refractivity (Wildman–Crippen MR) is 125 cm³/mol. The Morgan fingerprint density at radius 3 is 2.66 bits per heavy atom. The van der Waals surface area contributed by atoms with E-state index in [9.17, 15) is 4.79 Å². The van der Waals surface area contributed by atoms with Crippen molar-refractivity contribution in [3.8, 4) is 11.6 Å². The molecule has 3 aromatic rings. The smallest absolute Gasteiger partial charge is 0.231 e. The Hall–Kier alpha value is -3.29. The molecule has 32 heavy (non-hydrogen) atoms. The third-order valence-corrected chi connectivity index (χ3v) is 5.57. The number of benzene rings is 1. The van der Waals surface area contributed by atoms with Crippen LogP contribution in [0.1, 0.15) is 18.1 Å². The van der Waals surface area contributed by atoms with Crippen LogP contribution in [-0.4, -0.2) is 53.5 Å². The van der Waals surface area contributed by atoms with Crippen molar-refractivity contribution in [3.63, 3.8) is 0 Å². The van der Waals surface area contributed by atoms with Gasteiger partial charge in [0, 0.05) is 63.4 Å². The number of rotatable bonds is 7. The molecule has 166 valence electrons. The molecule has 0 bridgehead atoms. The van der Waals surface area contributed by atoms with Crippen molar-refractivity contribution in [2.24, 2.45) is 0 Å². The molecule has 0 saturated carbocycles. The number of aromatic nitrogens is 2. The highest BCUT2D eigenvalue weighted by atomic mass is 16.5. The summed E-state index contributed by atoms with van der Waals surface area (Å²) in [5, 5.41) is 3.47. The second kappa shape index (κ2) is 10.3. The molecule has 1 aliphatic rings. The van der Waals surface area contributed by atoms with Crippen LogP contribution in [0.25, 0.3) is 0 Å².